The first kappa shape index (κ1) is 15.9. The molecule has 2 aliphatic heterocycles. The molecule has 0 aliphatic carbocycles. The highest BCUT2D eigenvalue weighted by molar-refractivity contribution is 5.95. The van der Waals surface area contributed by atoms with Gasteiger partial charge >= 0.3 is 0 Å². The van der Waals surface area contributed by atoms with Crippen molar-refractivity contribution < 1.29 is 14.0 Å². The molecule has 2 amide bonds. The third kappa shape index (κ3) is 3.05. The zero-order valence-corrected chi connectivity index (χ0v) is 14.0. The van der Waals surface area contributed by atoms with E-state index in [1.54, 1.807) is 37.4 Å². The maximum Gasteiger partial charge on any atom is 0.287 e. The monoisotopic (exact) mass is 339 g/mol. The molecule has 2 aromatic rings. The van der Waals surface area contributed by atoms with Crippen molar-refractivity contribution in [3.8, 4) is 11.3 Å². The Hall–Kier alpha value is -2.60. The van der Waals surface area contributed by atoms with Gasteiger partial charge in [-0.1, -0.05) is 12.1 Å². The number of amides is 2. The first-order valence-electron chi connectivity index (χ1n) is 8.63. The van der Waals surface area contributed by atoms with Crippen LogP contribution in [0.4, 0.5) is 0 Å². The van der Waals surface area contributed by atoms with Crippen molar-refractivity contribution in [3.63, 3.8) is 0 Å². The molecule has 3 atom stereocenters. The summed E-state index contributed by atoms with van der Waals surface area (Å²) in [7, 11) is 1.59. The lowest BCUT2D eigenvalue weighted by atomic mass is 9.95. The SMILES string of the molecule is CNC(=O)c1cccc(-c2ccc(C(=O)NC3CC4CCC3N4)o2)c1. The summed E-state index contributed by atoms with van der Waals surface area (Å²) in [5, 5.41) is 9.17. The minimum atomic E-state index is -0.187. The van der Waals surface area contributed by atoms with Gasteiger partial charge in [0, 0.05) is 36.3 Å². The molecule has 2 aliphatic rings. The van der Waals surface area contributed by atoms with E-state index in [-0.39, 0.29) is 17.9 Å². The molecule has 25 heavy (non-hydrogen) atoms. The number of furan rings is 1. The van der Waals surface area contributed by atoms with Crippen LogP contribution in [-0.2, 0) is 0 Å². The number of carbonyl (C=O) groups is 2. The molecule has 6 heteroatoms. The fourth-order valence-corrected chi connectivity index (χ4v) is 3.80. The van der Waals surface area contributed by atoms with E-state index < -0.39 is 0 Å². The van der Waals surface area contributed by atoms with Gasteiger partial charge in [-0.25, -0.2) is 0 Å². The zero-order valence-electron chi connectivity index (χ0n) is 14.0. The number of benzene rings is 1. The van der Waals surface area contributed by atoms with Crippen LogP contribution in [0.15, 0.2) is 40.8 Å². The lowest BCUT2D eigenvalue weighted by Crippen LogP contribution is -2.42. The molecule has 4 rings (SSSR count). The number of hydrogen-bond acceptors (Lipinski definition) is 4. The Balaban J connectivity index is 1.48. The number of carbonyl (C=O) groups excluding carboxylic acids is 2. The van der Waals surface area contributed by atoms with Gasteiger partial charge in [-0.15, -0.1) is 0 Å². The Morgan fingerprint density at radius 2 is 2.04 bits per heavy atom. The summed E-state index contributed by atoms with van der Waals surface area (Å²) in [5.41, 5.74) is 1.32. The highest BCUT2D eigenvalue weighted by Crippen LogP contribution is 2.29. The predicted molar refractivity (Wildman–Crippen MR) is 93.4 cm³/mol. The Morgan fingerprint density at radius 3 is 2.76 bits per heavy atom. The Morgan fingerprint density at radius 1 is 1.16 bits per heavy atom. The smallest absolute Gasteiger partial charge is 0.287 e. The summed E-state index contributed by atoms with van der Waals surface area (Å²) in [6.07, 6.45) is 3.30. The average molecular weight is 339 g/mol. The van der Waals surface area contributed by atoms with Gasteiger partial charge in [0.25, 0.3) is 11.8 Å². The van der Waals surface area contributed by atoms with E-state index in [0.29, 0.717) is 29.2 Å². The first-order chi connectivity index (χ1) is 12.1. The van der Waals surface area contributed by atoms with E-state index >= 15 is 0 Å². The van der Waals surface area contributed by atoms with Crippen LogP contribution in [0.25, 0.3) is 11.3 Å². The van der Waals surface area contributed by atoms with Gasteiger partial charge in [-0.05, 0) is 43.5 Å². The molecule has 0 radical (unpaired) electrons. The van der Waals surface area contributed by atoms with E-state index in [1.807, 2.05) is 6.07 Å². The van der Waals surface area contributed by atoms with E-state index in [2.05, 4.69) is 16.0 Å². The van der Waals surface area contributed by atoms with Gasteiger partial charge in [-0.3, -0.25) is 9.59 Å². The highest BCUT2D eigenvalue weighted by Gasteiger charge is 2.39. The van der Waals surface area contributed by atoms with Gasteiger partial charge in [0.15, 0.2) is 5.76 Å². The molecule has 3 heterocycles. The summed E-state index contributed by atoms with van der Waals surface area (Å²) in [5.74, 6) is 0.522. The maximum atomic E-state index is 12.4. The molecule has 2 bridgehead atoms. The molecule has 2 fully saturated rings. The van der Waals surface area contributed by atoms with Gasteiger partial charge in [-0.2, -0.15) is 0 Å². The first-order valence-corrected chi connectivity index (χ1v) is 8.63. The number of rotatable bonds is 4. The van der Waals surface area contributed by atoms with Crippen molar-refractivity contribution in [2.45, 2.75) is 37.4 Å². The number of hydrogen-bond donors (Lipinski definition) is 3. The predicted octanol–water partition coefficient (Wildman–Crippen LogP) is 1.93. The minimum Gasteiger partial charge on any atom is -0.451 e. The Bertz CT molecular complexity index is 814. The van der Waals surface area contributed by atoms with Crippen molar-refractivity contribution in [2.75, 3.05) is 7.05 Å². The largest absolute Gasteiger partial charge is 0.451 e. The Kier molecular flexibility index (Phi) is 4.05. The molecule has 2 saturated heterocycles. The molecule has 3 N–H and O–H groups in total. The lowest BCUT2D eigenvalue weighted by Gasteiger charge is -2.20. The van der Waals surface area contributed by atoms with Crippen molar-refractivity contribution >= 4 is 11.8 Å². The molecule has 0 saturated carbocycles. The van der Waals surface area contributed by atoms with Crippen LogP contribution >= 0.6 is 0 Å². The molecular weight excluding hydrogens is 318 g/mol. The van der Waals surface area contributed by atoms with Crippen LogP contribution in [0, 0.1) is 0 Å². The fraction of sp³-hybridized carbons (Fsp3) is 0.368. The van der Waals surface area contributed by atoms with Gasteiger partial charge < -0.3 is 20.4 Å². The van der Waals surface area contributed by atoms with E-state index in [4.69, 9.17) is 4.42 Å². The van der Waals surface area contributed by atoms with Crippen LogP contribution in [0.3, 0.4) is 0 Å². The molecular formula is C19H21N3O3. The quantitative estimate of drug-likeness (QED) is 0.795. The van der Waals surface area contributed by atoms with Crippen LogP contribution in [0.2, 0.25) is 0 Å². The minimum absolute atomic E-state index is 0.157. The van der Waals surface area contributed by atoms with Crippen LogP contribution < -0.4 is 16.0 Å². The van der Waals surface area contributed by atoms with Crippen molar-refractivity contribution in [2.24, 2.45) is 0 Å². The third-order valence-corrected chi connectivity index (χ3v) is 5.08. The summed E-state index contributed by atoms with van der Waals surface area (Å²) >= 11 is 0. The maximum absolute atomic E-state index is 12.4. The zero-order chi connectivity index (χ0) is 17.4. The van der Waals surface area contributed by atoms with Crippen molar-refractivity contribution in [1.29, 1.82) is 0 Å². The summed E-state index contributed by atoms with van der Waals surface area (Å²) in [6, 6.07) is 11.7. The van der Waals surface area contributed by atoms with Crippen molar-refractivity contribution in [1.82, 2.24) is 16.0 Å². The van der Waals surface area contributed by atoms with Crippen LogP contribution in [0.1, 0.15) is 40.2 Å². The molecule has 1 aromatic carbocycles. The molecule has 3 unspecified atom stereocenters. The van der Waals surface area contributed by atoms with Gasteiger partial charge in [0.05, 0.1) is 0 Å². The van der Waals surface area contributed by atoms with Crippen LogP contribution in [-0.4, -0.2) is 37.0 Å². The standard InChI is InChI=1S/C19H21N3O3/c1-20-18(23)12-4-2-3-11(9-12)16-7-8-17(25-16)19(24)22-15-10-13-5-6-14(15)21-13/h2-4,7-9,13-15,21H,5-6,10H2,1H3,(H,20,23)(H,22,24). The second kappa shape index (κ2) is 6.37. The molecule has 0 spiro atoms. The highest BCUT2D eigenvalue weighted by atomic mass is 16.3. The molecule has 1 aromatic heterocycles. The summed E-state index contributed by atoms with van der Waals surface area (Å²) in [6.45, 7) is 0. The lowest BCUT2D eigenvalue weighted by molar-refractivity contribution is 0.0902. The van der Waals surface area contributed by atoms with E-state index in [1.165, 1.54) is 6.42 Å². The third-order valence-electron chi connectivity index (χ3n) is 5.08. The number of nitrogens with one attached hydrogen (secondary N) is 3. The average Bonchev–Trinajstić information content (AvgIpc) is 3.37. The van der Waals surface area contributed by atoms with Gasteiger partial charge in [0.2, 0.25) is 0 Å². The van der Waals surface area contributed by atoms with E-state index in [0.717, 1.165) is 18.4 Å². The van der Waals surface area contributed by atoms with Crippen LogP contribution in [0.5, 0.6) is 0 Å². The van der Waals surface area contributed by atoms with Crippen molar-refractivity contribution in [3.05, 3.63) is 47.7 Å². The fourth-order valence-electron chi connectivity index (χ4n) is 3.80. The molecule has 130 valence electrons. The van der Waals surface area contributed by atoms with E-state index in [9.17, 15) is 9.59 Å². The molecule has 6 nitrogen and oxygen atoms in total. The summed E-state index contributed by atoms with van der Waals surface area (Å²) < 4.78 is 5.73. The second-order valence-electron chi connectivity index (χ2n) is 6.69. The number of fused-ring (bicyclic) bond motifs is 2. The normalized spacial score (nSPS) is 24.3. The second-order valence-corrected chi connectivity index (χ2v) is 6.69. The van der Waals surface area contributed by atoms with Gasteiger partial charge in [0.1, 0.15) is 5.76 Å². The topological polar surface area (TPSA) is 83.4 Å². The Labute approximate surface area is 146 Å². The summed E-state index contributed by atoms with van der Waals surface area (Å²) in [4.78, 5) is 24.2.